The van der Waals surface area contributed by atoms with Crippen LogP contribution in [0.25, 0.3) is 0 Å². The summed E-state index contributed by atoms with van der Waals surface area (Å²) in [5.41, 5.74) is 0.407. The largest absolute Gasteiger partial charge is 0.493 e. The van der Waals surface area contributed by atoms with E-state index in [1.54, 1.807) is 24.3 Å². The van der Waals surface area contributed by atoms with E-state index in [0.717, 1.165) is 25.7 Å². The minimum absolute atomic E-state index is 0.0755. The predicted octanol–water partition coefficient (Wildman–Crippen LogP) is 3.94. The van der Waals surface area contributed by atoms with Gasteiger partial charge in [0.2, 0.25) is 0 Å². The van der Waals surface area contributed by atoms with Crippen molar-refractivity contribution in [1.82, 2.24) is 0 Å². The van der Waals surface area contributed by atoms with Crippen molar-refractivity contribution >= 4 is 15.7 Å². The maximum Gasteiger partial charge on any atom is 0.262 e. The summed E-state index contributed by atoms with van der Waals surface area (Å²) in [5.74, 6) is 1.42. The zero-order valence-corrected chi connectivity index (χ0v) is 16.7. The molecule has 1 aliphatic heterocycles. The summed E-state index contributed by atoms with van der Waals surface area (Å²) in [4.78, 5) is 0.0755. The number of ether oxygens (including phenoxy) is 4. The second kappa shape index (κ2) is 7.09. The van der Waals surface area contributed by atoms with E-state index in [9.17, 15) is 8.42 Å². The van der Waals surface area contributed by atoms with E-state index >= 15 is 0 Å². The van der Waals surface area contributed by atoms with E-state index in [-0.39, 0.29) is 4.90 Å². The third kappa shape index (κ3) is 3.44. The molecule has 2 aliphatic rings. The lowest BCUT2D eigenvalue weighted by Crippen LogP contribution is -2.40. The third-order valence-corrected chi connectivity index (χ3v) is 6.45. The Bertz CT molecular complexity index is 982. The zero-order chi connectivity index (χ0) is 19.8. The van der Waals surface area contributed by atoms with E-state index < -0.39 is 15.8 Å². The molecule has 1 heterocycles. The van der Waals surface area contributed by atoms with Crippen molar-refractivity contribution in [3.8, 4) is 23.0 Å². The van der Waals surface area contributed by atoms with Crippen LogP contribution in [-0.2, 0) is 10.0 Å². The van der Waals surface area contributed by atoms with E-state index in [2.05, 4.69) is 4.72 Å². The molecule has 0 aromatic heterocycles. The molecule has 0 saturated heterocycles. The van der Waals surface area contributed by atoms with Gasteiger partial charge in [-0.05, 0) is 37.1 Å². The van der Waals surface area contributed by atoms with Crippen LogP contribution in [0.5, 0.6) is 23.0 Å². The first-order valence-electron chi connectivity index (χ1n) is 9.22. The Kier molecular flexibility index (Phi) is 4.74. The molecule has 1 aliphatic carbocycles. The maximum atomic E-state index is 12.8. The Morgan fingerprint density at radius 3 is 2.32 bits per heavy atom. The molecule has 0 radical (unpaired) electrons. The van der Waals surface area contributed by atoms with Crippen LogP contribution >= 0.6 is 0 Å². The number of benzene rings is 2. The smallest absolute Gasteiger partial charge is 0.262 e. The Morgan fingerprint density at radius 1 is 0.893 bits per heavy atom. The number of sulfonamides is 1. The first kappa shape index (κ1) is 18.7. The van der Waals surface area contributed by atoms with Gasteiger partial charge in [-0.2, -0.15) is 0 Å². The highest BCUT2D eigenvalue weighted by Crippen LogP contribution is 2.46. The molecular weight excluding hydrogens is 382 g/mol. The number of rotatable bonds is 5. The van der Waals surface area contributed by atoms with Crippen molar-refractivity contribution in [1.29, 1.82) is 0 Å². The first-order chi connectivity index (χ1) is 13.4. The van der Waals surface area contributed by atoms with E-state index in [1.165, 1.54) is 32.8 Å². The van der Waals surface area contributed by atoms with Gasteiger partial charge < -0.3 is 18.9 Å². The first-order valence-corrected chi connectivity index (χ1v) is 10.7. The van der Waals surface area contributed by atoms with Crippen molar-refractivity contribution in [3.63, 3.8) is 0 Å². The van der Waals surface area contributed by atoms with Crippen molar-refractivity contribution in [2.45, 2.75) is 42.8 Å². The average Bonchev–Trinajstić information content (AvgIpc) is 3.04. The lowest BCUT2D eigenvalue weighted by molar-refractivity contribution is -0.105. The molecule has 8 heteroatoms. The molecular formula is C20H23NO6S. The molecule has 1 fully saturated rings. The van der Waals surface area contributed by atoms with Gasteiger partial charge in [0, 0.05) is 25.0 Å². The Labute approximate surface area is 164 Å². The average molecular weight is 405 g/mol. The van der Waals surface area contributed by atoms with Crippen LogP contribution in [0.15, 0.2) is 41.3 Å². The second-order valence-electron chi connectivity index (χ2n) is 6.96. The number of fused-ring (bicyclic) bond motifs is 1. The highest BCUT2D eigenvalue weighted by atomic mass is 32.2. The van der Waals surface area contributed by atoms with Crippen LogP contribution in [0.4, 0.5) is 5.69 Å². The predicted molar refractivity (Wildman–Crippen MR) is 104 cm³/mol. The summed E-state index contributed by atoms with van der Waals surface area (Å²) in [6, 6.07) is 9.52. The number of anilines is 1. The van der Waals surface area contributed by atoms with Crippen LogP contribution in [0.1, 0.15) is 32.1 Å². The fourth-order valence-electron chi connectivity index (χ4n) is 3.65. The number of nitrogens with one attached hydrogen (secondary N) is 1. The molecule has 0 amide bonds. The van der Waals surface area contributed by atoms with Gasteiger partial charge in [0.05, 0.1) is 24.8 Å². The SMILES string of the molecule is COc1ccc(S(=O)(=O)Nc2ccc3c(c2)OC2(CCCCC2)O3)cc1OC. The molecule has 1 N–H and O–H groups in total. The van der Waals surface area contributed by atoms with Gasteiger partial charge in [0.15, 0.2) is 23.0 Å². The molecule has 150 valence electrons. The third-order valence-electron chi connectivity index (χ3n) is 5.07. The highest BCUT2D eigenvalue weighted by molar-refractivity contribution is 7.92. The van der Waals surface area contributed by atoms with Gasteiger partial charge in [0.25, 0.3) is 15.8 Å². The van der Waals surface area contributed by atoms with Crippen molar-refractivity contribution < 1.29 is 27.4 Å². The van der Waals surface area contributed by atoms with E-state index in [4.69, 9.17) is 18.9 Å². The number of hydrogen-bond donors (Lipinski definition) is 1. The minimum atomic E-state index is -3.80. The van der Waals surface area contributed by atoms with Gasteiger partial charge in [-0.1, -0.05) is 6.42 Å². The quantitative estimate of drug-likeness (QED) is 0.811. The fraction of sp³-hybridized carbons (Fsp3) is 0.400. The second-order valence-corrected chi connectivity index (χ2v) is 8.64. The summed E-state index contributed by atoms with van der Waals surface area (Å²) >= 11 is 0. The standard InChI is InChI=1S/C20H23NO6S/c1-24-16-9-7-15(13-18(16)25-2)28(22,23)21-14-6-8-17-19(12-14)27-20(26-17)10-4-3-5-11-20/h6-9,12-13,21H,3-5,10-11H2,1-2H3. The minimum Gasteiger partial charge on any atom is -0.493 e. The topological polar surface area (TPSA) is 83.1 Å². The van der Waals surface area contributed by atoms with Gasteiger partial charge in [-0.15, -0.1) is 0 Å². The van der Waals surface area contributed by atoms with Crippen molar-refractivity contribution in [2.24, 2.45) is 0 Å². The van der Waals surface area contributed by atoms with Crippen molar-refractivity contribution in [3.05, 3.63) is 36.4 Å². The summed E-state index contributed by atoms with van der Waals surface area (Å²) in [5, 5.41) is 0. The summed E-state index contributed by atoms with van der Waals surface area (Å²) in [6.07, 6.45) is 4.99. The van der Waals surface area contributed by atoms with Gasteiger partial charge in [0.1, 0.15) is 0 Å². The molecule has 7 nitrogen and oxygen atoms in total. The highest BCUT2D eigenvalue weighted by Gasteiger charge is 2.42. The molecule has 1 saturated carbocycles. The molecule has 0 atom stereocenters. The maximum absolute atomic E-state index is 12.8. The molecule has 2 aromatic rings. The summed E-state index contributed by atoms with van der Waals surface area (Å²) < 4.78 is 50.6. The number of methoxy groups -OCH3 is 2. The van der Waals surface area contributed by atoms with Crippen LogP contribution in [0.3, 0.4) is 0 Å². The van der Waals surface area contributed by atoms with E-state index in [0.29, 0.717) is 28.7 Å². The normalized spacial score (nSPS) is 17.4. The Hall–Kier alpha value is -2.61. The molecule has 1 spiro atoms. The van der Waals surface area contributed by atoms with E-state index in [1.807, 2.05) is 0 Å². The monoisotopic (exact) mass is 405 g/mol. The molecule has 28 heavy (non-hydrogen) atoms. The lowest BCUT2D eigenvalue weighted by Gasteiger charge is -2.31. The zero-order valence-electron chi connectivity index (χ0n) is 15.9. The summed E-state index contributed by atoms with van der Waals surface area (Å²) in [7, 11) is -0.849. The Balaban J connectivity index is 1.56. The van der Waals surface area contributed by atoms with Crippen molar-refractivity contribution in [2.75, 3.05) is 18.9 Å². The Morgan fingerprint density at radius 2 is 1.61 bits per heavy atom. The summed E-state index contributed by atoms with van der Waals surface area (Å²) in [6.45, 7) is 0. The van der Waals surface area contributed by atoms with Crippen LogP contribution < -0.4 is 23.7 Å². The van der Waals surface area contributed by atoms with Crippen LogP contribution in [-0.4, -0.2) is 28.4 Å². The van der Waals surface area contributed by atoms with Crippen LogP contribution in [0, 0.1) is 0 Å². The molecule has 0 unspecified atom stereocenters. The van der Waals surface area contributed by atoms with Gasteiger partial charge in [-0.25, -0.2) is 8.42 Å². The van der Waals surface area contributed by atoms with Crippen LogP contribution in [0.2, 0.25) is 0 Å². The lowest BCUT2D eigenvalue weighted by atomic mass is 9.94. The fourth-order valence-corrected chi connectivity index (χ4v) is 4.71. The van der Waals surface area contributed by atoms with Gasteiger partial charge >= 0.3 is 0 Å². The molecule has 4 rings (SSSR count). The molecule has 0 bridgehead atoms. The van der Waals surface area contributed by atoms with Gasteiger partial charge in [-0.3, -0.25) is 4.72 Å². The molecule has 2 aromatic carbocycles. The number of hydrogen-bond acceptors (Lipinski definition) is 6.